The van der Waals surface area contributed by atoms with E-state index in [2.05, 4.69) is 10.1 Å². The molecule has 1 aromatic carbocycles. The van der Waals surface area contributed by atoms with Gasteiger partial charge in [-0.2, -0.15) is 5.10 Å². The second-order valence-corrected chi connectivity index (χ2v) is 6.52. The van der Waals surface area contributed by atoms with Crippen molar-refractivity contribution in [3.63, 3.8) is 0 Å². The molecule has 0 saturated carbocycles. The zero-order chi connectivity index (χ0) is 16.7. The average molecular weight is 355 g/mol. The third-order valence-corrected chi connectivity index (χ3v) is 4.86. The Bertz CT molecular complexity index is 1060. The van der Waals surface area contributed by atoms with Crippen LogP contribution in [0.25, 0.3) is 16.9 Å². The van der Waals surface area contributed by atoms with Gasteiger partial charge in [-0.25, -0.2) is 9.50 Å². The molecule has 0 atom stereocenters. The summed E-state index contributed by atoms with van der Waals surface area (Å²) in [5, 5.41) is 6.75. The number of nitrogen functional groups attached to an aromatic ring is 1. The second kappa shape index (κ2) is 5.74. The number of nitrogens with zero attached hydrogens (tertiary/aromatic N) is 3. The lowest BCUT2D eigenvalue weighted by Crippen LogP contribution is -2.01. The molecule has 4 aromatic rings. The molecule has 118 valence electrons. The molecule has 0 saturated heterocycles. The fourth-order valence-corrected chi connectivity index (χ4v) is 3.43. The number of carbonyl (C=O) groups excluding carboxylic acids is 1. The monoisotopic (exact) mass is 354 g/mol. The first-order valence-electron chi connectivity index (χ1n) is 7.11. The Labute approximate surface area is 146 Å². The van der Waals surface area contributed by atoms with Crippen molar-refractivity contribution in [2.45, 2.75) is 0 Å². The maximum Gasteiger partial charge on any atom is 0.208 e. The van der Waals surface area contributed by atoms with Crippen molar-refractivity contribution in [1.82, 2.24) is 14.6 Å². The predicted octanol–water partition coefficient (Wildman–Crippen LogP) is 3.92. The van der Waals surface area contributed by atoms with E-state index in [0.717, 1.165) is 11.3 Å². The van der Waals surface area contributed by atoms with Crippen LogP contribution in [0.1, 0.15) is 15.2 Å². The maximum atomic E-state index is 12.6. The van der Waals surface area contributed by atoms with Gasteiger partial charge < -0.3 is 5.73 Å². The summed E-state index contributed by atoms with van der Waals surface area (Å²) in [4.78, 5) is 17.6. The number of carbonyl (C=O) groups is 1. The van der Waals surface area contributed by atoms with E-state index in [-0.39, 0.29) is 5.78 Å². The highest BCUT2D eigenvalue weighted by atomic mass is 35.5. The van der Waals surface area contributed by atoms with Crippen LogP contribution in [0.2, 0.25) is 5.02 Å². The molecule has 0 aliphatic carbocycles. The van der Waals surface area contributed by atoms with Crippen molar-refractivity contribution in [2.75, 3.05) is 5.73 Å². The molecule has 0 aliphatic rings. The van der Waals surface area contributed by atoms with Crippen molar-refractivity contribution < 1.29 is 4.79 Å². The molecule has 0 unspecified atom stereocenters. The van der Waals surface area contributed by atoms with E-state index < -0.39 is 0 Å². The highest BCUT2D eigenvalue weighted by Gasteiger charge is 2.19. The Hall–Kier alpha value is -2.70. The molecule has 7 heteroatoms. The fourth-order valence-electron chi connectivity index (χ4n) is 2.54. The Balaban J connectivity index is 1.91. The van der Waals surface area contributed by atoms with Crippen LogP contribution in [-0.4, -0.2) is 20.4 Å². The van der Waals surface area contributed by atoms with E-state index in [4.69, 9.17) is 17.3 Å². The Morgan fingerprint density at radius 1 is 1.25 bits per heavy atom. The Kier molecular flexibility index (Phi) is 3.55. The average Bonchev–Trinajstić information content (AvgIpc) is 3.25. The summed E-state index contributed by atoms with van der Waals surface area (Å²) in [6.07, 6.45) is 3.17. The highest BCUT2D eigenvalue weighted by molar-refractivity contribution is 7.12. The fraction of sp³-hybridized carbons (Fsp3) is 0. The minimum absolute atomic E-state index is 0.0941. The van der Waals surface area contributed by atoms with Gasteiger partial charge in [0.2, 0.25) is 5.78 Å². The predicted molar refractivity (Wildman–Crippen MR) is 95.6 cm³/mol. The van der Waals surface area contributed by atoms with Gasteiger partial charge in [-0.3, -0.25) is 4.79 Å². The highest BCUT2D eigenvalue weighted by Crippen LogP contribution is 2.30. The number of halogens is 1. The second-order valence-electron chi connectivity index (χ2n) is 5.17. The molecule has 5 nitrogen and oxygen atoms in total. The summed E-state index contributed by atoms with van der Waals surface area (Å²) < 4.78 is 1.61. The zero-order valence-electron chi connectivity index (χ0n) is 12.3. The van der Waals surface area contributed by atoms with Crippen LogP contribution in [0.15, 0.2) is 54.2 Å². The van der Waals surface area contributed by atoms with Crippen molar-refractivity contribution >= 4 is 40.1 Å². The number of fused-ring (bicyclic) bond motifs is 1. The van der Waals surface area contributed by atoms with Crippen LogP contribution in [-0.2, 0) is 0 Å². The summed E-state index contributed by atoms with van der Waals surface area (Å²) in [5.41, 5.74) is 8.88. The van der Waals surface area contributed by atoms with Crippen molar-refractivity contribution in [1.29, 1.82) is 0 Å². The maximum absolute atomic E-state index is 12.6. The van der Waals surface area contributed by atoms with Crippen molar-refractivity contribution in [3.05, 3.63) is 69.6 Å². The van der Waals surface area contributed by atoms with Crippen molar-refractivity contribution in [3.8, 4) is 11.3 Å². The number of hydrogen-bond acceptors (Lipinski definition) is 5. The van der Waals surface area contributed by atoms with Gasteiger partial charge >= 0.3 is 0 Å². The minimum atomic E-state index is -0.0941. The molecule has 0 radical (unpaired) electrons. The minimum Gasteiger partial charge on any atom is -0.399 e. The Morgan fingerprint density at radius 2 is 2.12 bits per heavy atom. The van der Waals surface area contributed by atoms with Gasteiger partial charge in [0.25, 0.3) is 0 Å². The number of thiophene rings is 1. The lowest BCUT2D eigenvalue weighted by Gasteiger charge is -2.08. The number of aromatic nitrogens is 3. The molecule has 3 heterocycles. The van der Waals surface area contributed by atoms with Crippen LogP contribution in [0.4, 0.5) is 5.69 Å². The molecule has 0 bridgehead atoms. The standard InChI is InChI=1S/C17H11ClN4OS/c18-13-4-3-10(19)8-11(13)14-5-6-20-17-12(9-21-22(14)17)16(23)15-2-1-7-24-15/h1-9H,19H2. The van der Waals surface area contributed by atoms with Crippen LogP contribution >= 0.6 is 22.9 Å². The summed E-state index contributed by atoms with van der Waals surface area (Å²) in [7, 11) is 0. The number of ketones is 1. The Morgan fingerprint density at radius 3 is 2.92 bits per heavy atom. The molecule has 0 aliphatic heterocycles. The number of hydrogen-bond donors (Lipinski definition) is 1. The van der Waals surface area contributed by atoms with Gasteiger partial charge in [-0.1, -0.05) is 17.7 Å². The summed E-state index contributed by atoms with van der Waals surface area (Å²) in [5.74, 6) is -0.0941. The normalized spacial score (nSPS) is 11.0. The first kappa shape index (κ1) is 14.9. The topological polar surface area (TPSA) is 73.3 Å². The molecule has 0 amide bonds. The quantitative estimate of drug-likeness (QED) is 0.447. The van der Waals surface area contributed by atoms with E-state index in [9.17, 15) is 4.79 Å². The molecule has 0 fully saturated rings. The van der Waals surface area contributed by atoms with Gasteiger partial charge in [0, 0.05) is 17.4 Å². The van der Waals surface area contributed by atoms with E-state index in [1.54, 1.807) is 41.0 Å². The summed E-state index contributed by atoms with van der Waals surface area (Å²) in [6, 6.07) is 10.7. The van der Waals surface area contributed by atoms with Crippen LogP contribution < -0.4 is 5.73 Å². The molecule has 0 spiro atoms. The lowest BCUT2D eigenvalue weighted by atomic mass is 10.1. The third-order valence-electron chi connectivity index (χ3n) is 3.66. The van der Waals surface area contributed by atoms with Gasteiger partial charge in [0.1, 0.15) is 0 Å². The molecule has 2 N–H and O–H groups in total. The lowest BCUT2D eigenvalue weighted by molar-refractivity contribution is 0.104. The van der Waals surface area contributed by atoms with Gasteiger partial charge in [-0.05, 0) is 35.7 Å². The molecular weight excluding hydrogens is 344 g/mol. The largest absolute Gasteiger partial charge is 0.399 e. The van der Waals surface area contributed by atoms with Crippen LogP contribution in [0.5, 0.6) is 0 Å². The van der Waals surface area contributed by atoms with E-state index in [1.165, 1.54) is 17.5 Å². The van der Waals surface area contributed by atoms with Gasteiger partial charge in [0.15, 0.2) is 5.65 Å². The molecule has 24 heavy (non-hydrogen) atoms. The summed E-state index contributed by atoms with van der Waals surface area (Å²) >= 11 is 7.69. The number of nitrogens with two attached hydrogens (primary N) is 1. The number of benzene rings is 1. The van der Waals surface area contributed by atoms with Crippen molar-refractivity contribution in [2.24, 2.45) is 0 Å². The molecular formula is C17H11ClN4OS. The van der Waals surface area contributed by atoms with E-state index >= 15 is 0 Å². The number of rotatable bonds is 3. The number of anilines is 1. The van der Waals surface area contributed by atoms with E-state index in [1.807, 2.05) is 11.4 Å². The molecule has 3 aromatic heterocycles. The molecule has 4 rings (SSSR count). The van der Waals surface area contributed by atoms with Crippen LogP contribution in [0.3, 0.4) is 0 Å². The van der Waals surface area contributed by atoms with Gasteiger partial charge in [-0.15, -0.1) is 11.3 Å². The first-order valence-corrected chi connectivity index (χ1v) is 8.37. The summed E-state index contributed by atoms with van der Waals surface area (Å²) in [6.45, 7) is 0. The smallest absolute Gasteiger partial charge is 0.208 e. The zero-order valence-corrected chi connectivity index (χ0v) is 13.9. The first-order chi connectivity index (χ1) is 11.6. The SMILES string of the molecule is Nc1ccc(Cl)c(-c2ccnc3c(C(=O)c4cccs4)cnn23)c1. The third kappa shape index (κ3) is 2.36. The van der Waals surface area contributed by atoms with Gasteiger partial charge in [0.05, 0.1) is 27.4 Å². The van der Waals surface area contributed by atoms with Crippen LogP contribution in [0, 0.1) is 0 Å². The van der Waals surface area contributed by atoms with E-state index in [0.29, 0.717) is 26.8 Å².